The summed E-state index contributed by atoms with van der Waals surface area (Å²) in [6.45, 7) is 3.79. The Morgan fingerprint density at radius 3 is 2.81 bits per heavy atom. The molecule has 0 aliphatic carbocycles. The molecule has 6 heteroatoms. The summed E-state index contributed by atoms with van der Waals surface area (Å²) in [4.78, 5) is 24.3. The molecule has 2 rings (SSSR count). The summed E-state index contributed by atoms with van der Waals surface area (Å²) in [6, 6.07) is 5.22. The average Bonchev–Trinajstić information content (AvgIpc) is 2.87. The van der Waals surface area contributed by atoms with Crippen molar-refractivity contribution in [3.8, 4) is 11.5 Å². The van der Waals surface area contributed by atoms with Crippen LogP contribution in [0.15, 0.2) is 18.2 Å². The van der Waals surface area contributed by atoms with Crippen LogP contribution in [0.4, 0.5) is 0 Å². The number of benzene rings is 1. The van der Waals surface area contributed by atoms with Crippen molar-refractivity contribution < 1.29 is 24.2 Å². The number of carboxylic acid groups (broad SMARTS) is 1. The van der Waals surface area contributed by atoms with Gasteiger partial charge in [-0.2, -0.15) is 0 Å². The lowest BCUT2D eigenvalue weighted by atomic mass is 10.1. The highest BCUT2D eigenvalue weighted by molar-refractivity contribution is 5.78. The molecule has 0 aromatic heterocycles. The van der Waals surface area contributed by atoms with Gasteiger partial charge in [0.15, 0.2) is 12.7 Å². The van der Waals surface area contributed by atoms with Crippen molar-refractivity contribution in [2.75, 3.05) is 13.7 Å². The van der Waals surface area contributed by atoms with Crippen molar-refractivity contribution >= 4 is 11.9 Å². The lowest BCUT2D eigenvalue weighted by molar-refractivity contribution is -0.144. The second kappa shape index (κ2) is 6.03. The number of carbonyl (C=O) groups is 2. The summed E-state index contributed by atoms with van der Waals surface area (Å²) in [5.41, 5.74) is 0.834. The third-order valence-electron chi connectivity index (χ3n) is 3.52. The molecule has 6 nitrogen and oxygen atoms in total. The van der Waals surface area contributed by atoms with Crippen LogP contribution in [0.1, 0.15) is 19.4 Å². The molecule has 0 fully saturated rings. The zero-order valence-electron chi connectivity index (χ0n) is 12.3. The summed E-state index contributed by atoms with van der Waals surface area (Å²) in [7, 11) is 1.72. The number of carboxylic acids is 1. The van der Waals surface area contributed by atoms with E-state index in [1.807, 2.05) is 13.8 Å². The van der Waals surface area contributed by atoms with Crippen LogP contribution in [0.2, 0.25) is 0 Å². The molecule has 0 bridgehead atoms. The summed E-state index contributed by atoms with van der Waals surface area (Å²) in [5.74, 6) is -0.105. The maximum absolute atomic E-state index is 11.8. The van der Waals surface area contributed by atoms with Gasteiger partial charge in [-0.1, -0.05) is 6.07 Å². The number of amides is 1. The van der Waals surface area contributed by atoms with Gasteiger partial charge in [-0.15, -0.1) is 0 Å². The fourth-order valence-corrected chi connectivity index (χ4v) is 1.97. The molecular weight excluding hydrogens is 274 g/mol. The minimum Gasteiger partial charge on any atom is -0.484 e. The molecule has 114 valence electrons. The quantitative estimate of drug-likeness (QED) is 0.886. The molecule has 1 atom stereocenters. The smallest absolute Gasteiger partial charge is 0.345 e. The van der Waals surface area contributed by atoms with E-state index >= 15 is 0 Å². The zero-order valence-corrected chi connectivity index (χ0v) is 12.3. The standard InChI is InChI=1S/C15H19NO5/c1-9(2)16(3)14(17)8-20-11-5-4-10-6-13(15(18)19)21-12(10)7-11/h4-5,7,9,13H,6,8H2,1-3H3,(H,18,19). The minimum absolute atomic E-state index is 0.0597. The van der Waals surface area contributed by atoms with Crippen LogP contribution in [0.3, 0.4) is 0 Å². The topological polar surface area (TPSA) is 76.1 Å². The number of ether oxygens (including phenoxy) is 2. The van der Waals surface area contributed by atoms with Gasteiger partial charge in [0.25, 0.3) is 5.91 Å². The number of hydrogen-bond donors (Lipinski definition) is 1. The van der Waals surface area contributed by atoms with Crippen LogP contribution in [0.25, 0.3) is 0 Å². The third kappa shape index (κ3) is 3.45. The van der Waals surface area contributed by atoms with E-state index in [-0.39, 0.29) is 18.6 Å². The van der Waals surface area contributed by atoms with Crippen LogP contribution in [-0.4, -0.2) is 47.7 Å². The molecule has 1 heterocycles. The highest BCUT2D eigenvalue weighted by Gasteiger charge is 2.29. The number of likely N-dealkylation sites (N-methyl/N-ethyl adjacent to an activating group) is 1. The van der Waals surface area contributed by atoms with E-state index < -0.39 is 12.1 Å². The van der Waals surface area contributed by atoms with Crippen molar-refractivity contribution in [3.63, 3.8) is 0 Å². The first-order valence-electron chi connectivity index (χ1n) is 6.79. The molecular formula is C15H19NO5. The molecule has 1 aliphatic rings. The SMILES string of the molecule is CC(C)N(C)C(=O)COc1ccc2c(c1)OC(C(=O)O)C2. The second-order valence-electron chi connectivity index (χ2n) is 5.31. The Labute approximate surface area is 123 Å². The molecule has 1 N–H and O–H groups in total. The van der Waals surface area contributed by atoms with Crippen molar-refractivity contribution in [3.05, 3.63) is 23.8 Å². The molecule has 0 saturated carbocycles. The van der Waals surface area contributed by atoms with E-state index in [1.54, 1.807) is 30.1 Å². The van der Waals surface area contributed by atoms with Crippen LogP contribution in [-0.2, 0) is 16.0 Å². The fourth-order valence-electron chi connectivity index (χ4n) is 1.97. The number of nitrogens with zero attached hydrogens (tertiary/aromatic N) is 1. The van der Waals surface area contributed by atoms with E-state index in [0.29, 0.717) is 17.9 Å². The molecule has 0 spiro atoms. The van der Waals surface area contributed by atoms with E-state index in [4.69, 9.17) is 14.6 Å². The monoisotopic (exact) mass is 293 g/mol. The summed E-state index contributed by atoms with van der Waals surface area (Å²) < 4.78 is 10.8. The number of rotatable bonds is 5. The normalized spacial score (nSPS) is 16.3. The summed E-state index contributed by atoms with van der Waals surface area (Å²) in [6.07, 6.45) is -0.496. The zero-order chi connectivity index (χ0) is 15.6. The van der Waals surface area contributed by atoms with Gasteiger partial charge in [0, 0.05) is 25.6 Å². The third-order valence-corrected chi connectivity index (χ3v) is 3.52. The molecule has 1 aromatic carbocycles. The van der Waals surface area contributed by atoms with Crippen LogP contribution in [0.5, 0.6) is 11.5 Å². The molecule has 0 saturated heterocycles. The molecule has 1 amide bonds. The maximum atomic E-state index is 11.8. The van der Waals surface area contributed by atoms with Gasteiger partial charge in [-0.3, -0.25) is 4.79 Å². The number of carbonyl (C=O) groups excluding carboxylic acids is 1. The van der Waals surface area contributed by atoms with E-state index in [1.165, 1.54) is 0 Å². The average molecular weight is 293 g/mol. The number of aliphatic carboxylic acids is 1. The molecule has 1 aliphatic heterocycles. The molecule has 1 unspecified atom stereocenters. The maximum Gasteiger partial charge on any atom is 0.345 e. The summed E-state index contributed by atoms with van der Waals surface area (Å²) >= 11 is 0. The minimum atomic E-state index is -0.984. The number of fused-ring (bicyclic) bond motifs is 1. The molecule has 1 aromatic rings. The first kappa shape index (κ1) is 15.2. The predicted octanol–water partition coefficient (Wildman–Crippen LogP) is 1.32. The largest absolute Gasteiger partial charge is 0.484 e. The Hall–Kier alpha value is -2.24. The van der Waals surface area contributed by atoms with Gasteiger partial charge >= 0.3 is 5.97 Å². The molecule has 0 radical (unpaired) electrons. The van der Waals surface area contributed by atoms with Gasteiger partial charge < -0.3 is 19.5 Å². The first-order chi connectivity index (χ1) is 9.88. The number of hydrogen-bond acceptors (Lipinski definition) is 4. The Balaban J connectivity index is 1.97. The van der Waals surface area contributed by atoms with Gasteiger partial charge in [-0.25, -0.2) is 4.79 Å². The van der Waals surface area contributed by atoms with E-state index in [2.05, 4.69) is 0 Å². The van der Waals surface area contributed by atoms with Crippen molar-refractivity contribution in [2.45, 2.75) is 32.4 Å². The highest BCUT2D eigenvalue weighted by atomic mass is 16.5. The van der Waals surface area contributed by atoms with Crippen LogP contribution in [0, 0.1) is 0 Å². The Kier molecular flexibility index (Phi) is 4.35. The van der Waals surface area contributed by atoms with Gasteiger partial charge in [0.2, 0.25) is 0 Å². The van der Waals surface area contributed by atoms with Gasteiger partial charge in [0.05, 0.1) is 0 Å². The predicted molar refractivity (Wildman–Crippen MR) is 75.6 cm³/mol. The van der Waals surface area contributed by atoms with Gasteiger partial charge in [0.1, 0.15) is 11.5 Å². The summed E-state index contributed by atoms with van der Waals surface area (Å²) in [5, 5.41) is 8.94. The van der Waals surface area contributed by atoms with Crippen molar-refractivity contribution in [2.24, 2.45) is 0 Å². The first-order valence-corrected chi connectivity index (χ1v) is 6.79. The highest BCUT2D eigenvalue weighted by Crippen LogP contribution is 2.32. The fraction of sp³-hybridized carbons (Fsp3) is 0.467. The lowest BCUT2D eigenvalue weighted by Gasteiger charge is -2.21. The van der Waals surface area contributed by atoms with Crippen LogP contribution >= 0.6 is 0 Å². The van der Waals surface area contributed by atoms with Crippen molar-refractivity contribution in [1.29, 1.82) is 0 Å². The Morgan fingerprint density at radius 1 is 1.48 bits per heavy atom. The lowest BCUT2D eigenvalue weighted by Crippen LogP contribution is -2.36. The van der Waals surface area contributed by atoms with E-state index in [0.717, 1.165) is 5.56 Å². The molecule has 21 heavy (non-hydrogen) atoms. The van der Waals surface area contributed by atoms with Crippen LogP contribution < -0.4 is 9.47 Å². The Morgan fingerprint density at radius 2 is 2.19 bits per heavy atom. The van der Waals surface area contributed by atoms with E-state index in [9.17, 15) is 9.59 Å². The Bertz CT molecular complexity index is 555. The van der Waals surface area contributed by atoms with Gasteiger partial charge in [-0.05, 0) is 25.5 Å². The van der Waals surface area contributed by atoms with Crippen molar-refractivity contribution in [1.82, 2.24) is 4.90 Å². The second-order valence-corrected chi connectivity index (χ2v) is 5.31.